The number of benzene rings is 1. The van der Waals surface area contributed by atoms with Crippen LogP contribution in [0.3, 0.4) is 0 Å². The smallest absolute Gasteiger partial charge is 0.425 e. The summed E-state index contributed by atoms with van der Waals surface area (Å²) in [6.45, 7) is 14.9. The lowest BCUT2D eigenvalue weighted by molar-refractivity contribution is -0.294. The first-order valence-electron chi connectivity index (χ1n) is 18.1. The Hall–Kier alpha value is -3.07. The number of aliphatic hydroxyl groups is 1. The molecule has 0 aromatic heterocycles. The molecule has 1 amide bonds. The Morgan fingerprint density at radius 3 is 2.33 bits per heavy atom. The van der Waals surface area contributed by atoms with E-state index in [0.29, 0.717) is 24.1 Å². The first kappa shape index (κ1) is 40.7. The van der Waals surface area contributed by atoms with Crippen LogP contribution in [0, 0.1) is 17.8 Å². The SMILES string of the molecule is CC[C@H]1OC(=O)/C(C)=C/[C@H](C)[C@@H](O[C@@H]2O[C@H](C)C[C@H](N(C)C)[C@H]2O)[C@](C)(OC)C[C@@H](C)C(=O)[C@H](C)[C@H]2N(NCc3ccc(N)cc3)C(=O)O[C@]12C. The van der Waals surface area contributed by atoms with E-state index in [1.165, 1.54) is 5.01 Å². The molecule has 2 saturated heterocycles. The molecule has 4 rings (SSSR count). The number of hydrogen-bond acceptors (Lipinski definition) is 12. The fourth-order valence-electron chi connectivity index (χ4n) is 8.25. The lowest BCUT2D eigenvalue weighted by Crippen LogP contribution is -2.60. The van der Waals surface area contributed by atoms with Crippen molar-refractivity contribution >= 4 is 23.5 Å². The molecule has 0 saturated carbocycles. The zero-order valence-corrected chi connectivity index (χ0v) is 32.2. The summed E-state index contributed by atoms with van der Waals surface area (Å²) in [6, 6.07) is 6.20. The summed E-state index contributed by atoms with van der Waals surface area (Å²) in [5.41, 5.74) is 8.42. The number of nitrogens with two attached hydrogens (primary N) is 1. The van der Waals surface area contributed by atoms with Gasteiger partial charge in [-0.25, -0.2) is 20.0 Å². The van der Waals surface area contributed by atoms with Gasteiger partial charge in [-0.05, 0) is 78.7 Å². The molecule has 13 nitrogen and oxygen atoms in total. The largest absolute Gasteiger partial charge is 0.455 e. The minimum Gasteiger partial charge on any atom is -0.455 e. The number of Topliss-reactive ketones (excluding diaryl/α,β-unsaturated/α-hetero) is 1. The minimum absolute atomic E-state index is 0.126. The highest BCUT2D eigenvalue weighted by Gasteiger charge is 2.60. The van der Waals surface area contributed by atoms with Gasteiger partial charge in [0.2, 0.25) is 0 Å². The third kappa shape index (κ3) is 8.60. The fourth-order valence-corrected chi connectivity index (χ4v) is 8.25. The number of nitrogens with one attached hydrogen (secondary N) is 1. The molecule has 4 N–H and O–H groups in total. The molecule has 0 spiro atoms. The predicted molar refractivity (Wildman–Crippen MR) is 192 cm³/mol. The molecule has 51 heavy (non-hydrogen) atoms. The van der Waals surface area contributed by atoms with Gasteiger partial charge in [-0.1, -0.05) is 45.9 Å². The molecule has 1 aromatic rings. The summed E-state index contributed by atoms with van der Waals surface area (Å²) in [5.74, 6) is -2.49. The van der Waals surface area contributed by atoms with E-state index in [1.54, 1.807) is 46.1 Å². The van der Waals surface area contributed by atoms with Crippen LogP contribution in [0.15, 0.2) is 35.9 Å². The fraction of sp³-hybridized carbons (Fsp3) is 0.711. The van der Waals surface area contributed by atoms with Crippen molar-refractivity contribution in [2.45, 2.75) is 135 Å². The van der Waals surface area contributed by atoms with Gasteiger partial charge in [-0.2, -0.15) is 0 Å². The molecule has 13 heteroatoms. The molecule has 1 aromatic carbocycles. The van der Waals surface area contributed by atoms with Crippen LogP contribution in [0.1, 0.15) is 80.2 Å². The Kier molecular flexibility index (Phi) is 13.0. The Labute approximate surface area is 303 Å². The van der Waals surface area contributed by atoms with E-state index in [1.807, 2.05) is 65.7 Å². The van der Waals surface area contributed by atoms with Crippen molar-refractivity contribution in [2.24, 2.45) is 17.8 Å². The van der Waals surface area contributed by atoms with Crippen molar-refractivity contribution in [3.8, 4) is 0 Å². The highest BCUT2D eigenvalue weighted by molar-refractivity contribution is 5.88. The first-order chi connectivity index (χ1) is 23.9. The summed E-state index contributed by atoms with van der Waals surface area (Å²) >= 11 is 0. The van der Waals surface area contributed by atoms with Crippen LogP contribution in [-0.2, 0) is 39.8 Å². The normalized spacial score (nSPS) is 39.5. The van der Waals surface area contributed by atoms with Crippen LogP contribution < -0.4 is 11.2 Å². The molecule has 286 valence electrons. The van der Waals surface area contributed by atoms with Crippen LogP contribution in [-0.4, -0.2) is 108 Å². The van der Waals surface area contributed by atoms with Crippen LogP contribution in [0.4, 0.5) is 10.5 Å². The number of fused-ring (bicyclic) bond motifs is 1. The molecule has 0 unspecified atom stereocenters. The zero-order chi connectivity index (χ0) is 38.0. The van der Waals surface area contributed by atoms with Crippen LogP contribution in [0.5, 0.6) is 0 Å². The average Bonchev–Trinajstić information content (AvgIpc) is 3.34. The highest BCUT2D eigenvalue weighted by Crippen LogP contribution is 2.42. The lowest BCUT2D eigenvalue weighted by Gasteiger charge is -2.46. The number of cyclic esters (lactones) is 1. The summed E-state index contributed by atoms with van der Waals surface area (Å²) in [5, 5.41) is 12.8. The average molecular weight is 717 g/mol. The van der Waals surface area contributed by atoms with Gasteiger partial charge < -0.3 is 39.4 Å². The molecule has 12 atom stereocenters. The van der Waals surface area contributed by atoms with Gasteiger partial charge in [0.25, 0.3) is 0 Å². The van der Waals surface area contributed by atoms with Gasteiger partial charge in [0.05, 0.1) is 17.8 Å². The third-order valence-corrected chi connectivity index (χ3v) is 11.1. The van der Waals surface area contributed by atoms with E-state index in [4.69, 9.17) is 29.4 Å². The Bertz CT molecular complexity index is 1420. The first-order valence-corrected chi connectivity index (χ1v) is 18.1. The van der Waals surface area contributed by atoms with E-state index in [-0.39, 0.29) is 30.9 Å². The number of rotatable bonds is 8. The van der Waals surface area contributed by atoms with Crippen LogP contribution >= 0.6 is 0 Å². The van der Waals surface area contributed by atoms with Gasteiger partial charge in [-0.15, -0.1) is 0 Å². The molecular formula is C38H60N4O9. The Morgan fingerprint density at radius 2 is 1.75 bits per heavy atom. The van der Waals surface area contributed by atoms with E-state index in [0.717, 1.165) is 5.56 Å². The number of carbonyl (C=O) groups excluding carboxylic acids is 3. The standard InChI is InChI=1S/C38H60N4O9/c1-12-29-38(8)32(42(36(46)51-38)40-20-26-13-15-27(39)16-14-26)25(6)30(43)23(4)19-37(7,47-11)33(21(2)17-22(3)34(45)49-29)50-35-31(44)28(41(9)10)18-24(5)48-35/h13-17,21,23-25,28-29,31-33,35,40,44H,12,18-20,39H2,1-11H3/b22-17+/t21-,23+,24+,25-,28-,29+,31+,32+,33+,35-,37+,38+/m0/s1. The van der Waals surface area contributed by atoms with Crippen LogP contribution in [0.25, 0.3) is 0 Å². The molecule has 3 aliphatic rings. The van der Waals surface area contributed by atoms with Crippen molar-refractivity contribution in [3.63, 3.8) is 0 Å². The lowest BCUT2D eigenvalue weighted by atomic mass is 9.74. The Balaban J connectivity index is 1.76. The summed E-state index contributed by atoms with van der Waals surface area (Å²) in [4.78, 5) is 43.9. The van der Waals surface area contributed by atoms with Gasteiger partial charge >= 0.3 is 12.1 Å². The van der Waals surface area contributed by atoms with Crippen molar-refractivity contribution in [1.82, 2.24) is 15.3 Å². The topological polar surface area (TPSA) is 162 Å². The number of hydrogen-bond donors (Lipinski definition) is 3. The van der Waals surface area contributed by atoms with Gasteiger partial charge in [0, 0.05) is 48.7 Å². The number of aliphatic hydroxyl groups excluding tert-OH is 1. The molecular weight excluding hydrogens is 656 g/mol. The molecule has 0 radical (unpaired) electrons. The second-order valence-electron chi connectivity index (χ2n) is 15.4. The molecule has 3 heterocycles. The van der Waals surface area contributed by atoms with Gasteiger partial charge in [-0.3, -0.25) is 4.79 Å². The predicted octanol–water partition coefficient (Wildman–Crippen LogP) is 4.22. The number of nitrogen functional groups attached to an aromatic ring is 1. The van der Waals surface area contributed by atoms with Crippen molar-refractivity contribution in [3.05, 3.63) is 41.5 Å². The minimum atomic E-state index is -1.37. The number of anilines is 1. The van der Waals surface area contributed by atoms with E-state index >= 15 is 0 Å². The van der Waals surface area contributed by atoms with Crippen LogP contribution in [0.2, 0.25) is 0 Å². The number of ketones is 1. The van der Waals surface area contributed by atoms with Crippen molar-refractivity contribution in [2.75, 3.05) is 26.9 Å². The number of hydrazine groups is 1. The monoisotopic (exact) mass is 716 g/mol. The zero-order valence-electron chi connectivity index (χ0n) is 32.2. The van der Waals surface area contributed by atoms with E-state index in [2.05, 4.69) is 5.43 Å². The highest BCUT2D eigenvalue weighted by atomic mass is 16.7. The number of carbonyl (C=O) groups is 3. The molecule has 2 fully saturated rings. The maximum Gasteiger partial charge on any atom is 0.425 e. The van der Waals surface area contributed by atoms with Crippen molar-refractivity contribution < 1.29 is 43.2 Å². The number of amides is 1. The van der Waals surface area contributed by atoms with Gasteiger partial charge in [0.15, 0.2) is 11.9 Å². The van der Waals surface area contributed by atoms with E-state index in [9.17, 15) is 19.5 Å². The number of methoxy groups -OCH3 is 1. The van der Waals surface area contributed by atoms with E-state index < -0.39 is 71.7 Å². The third-order valence-electron chi connectivity index (χ3n) is 11.1. The maximum absolute atomic E-state index is 14.5. The summed E-state index contributed by atoms with van der Waals surface area (Å²) in [7, 11) is 5.38. The quantitative estimate of drug-likeness (QED) is 0.260. The number of likely N-dealkylation sites (N-methyl/N-ethyl adjacent to an activating group) is 1. The molecule has 0 aliphatic carbocycles. The summed E-state index contributed by atoms with van der Waals surface area (Å²) < 4.78 is 31.3. The second-order valence-corrected chi connectivity index (χ2v) is 15.4. The summed E-state index contributed by atoms with van der Waals surface area (Å²) in [6.07, 6.45) is -1.47. The maximum atomic E-state index is 14.5. The number of esters is 1. The Morgan fingerprint density at radius 1 is 1.10 bits per heavy atom. The number of ether oxygens (including phenoxy) is 5. The molecule has 3 aliphatic heterocycles. The number of nitrogens with zero attached hydrogens (tertiary/aromatic N) is 2. The van der Waals surface area contributed by atoms with Gasteiger partial charge in [0.1, 0.15) is 24.0 Å². The second kappa shape index (κ2) is 16.3. The van der Waals surface area contributed by atoms with Crippen molar-refractivity contribution in [1.29, 1.82) is 0 Å². The molecule has 0 bridgehead atoms.